The number of halogens is 2. The predicted molar refractivity (Wildman–Crippen MR) is 71.7 cm³/mol. The predicted octanol–water partition coefficient (Wildman–Crippen LogP) is 4.44. The molecule has 1 rings (SSSR count). The molecule has 0 heterocycles. The van der Waals surface area contributed by atoms with Gasteiger partial charge in [0.1, 0.15) is 12.5 Å². The summed E-state index contributed by atoms with van der Waals surface area (Å²) in [6.07, 6.45) is 4.01. The van der Waals surface area contributed by atoms with Crippen molar-refractivity contribution in [2.24, 2.45) is 0 Å². The van der Waals surface area contributed by atoms with Gasteiger partial charge in [0.25, 0.3) is 0 Å². The lowest BCUT2D eigenvalue weighted by Crippen LogP contribution is -2.01. The molecule has 18 heavy (non-hydrogen) atoms. The van der Waals surface area contributed by atoms with E-state index in [1.165, 1.54) is 6.08 Å². The van der Waals surface area contributed by atoms with Gasteiger partial charge in [0.2, 0.25) is 0 Å². The molecule has 0 atom stereocenters. The molecule has 0 bridgehead atoms. The van der Waals surface area contributed by atoms with Crippen LogP contribution in [-0.4, -0.2) is 12.4 Å². The van der Waals surface area contributed by atoms with Crippen LogP contribution in [0.3, 0.4) is 0 Å². The van der Waals surface area contributed by atoms with E-state index in [2.05, 4.69) is 0 Å². The van der Waals surface area contributed by atoms with Crippen LogP contribution in [0.1, 0.15) is 23.1 Å². The standard InChI is InChI=1S/C15H17F2N/c1-11-5-3-6-12(2)15(11)14(18)8-4-7-13(17)9-10-16/h3-6,8-9,18H,7,10H2,1-2H3/b8-4+,13-9+,18-14?. The summed E-state index contributed by atoms with van der Waals surface area (Å²) in [6, 6.07) is 5.82. The van der Waals surface area contributed by atoms with E-state index >= 15 is 0 Å². The molecule has 0 spiro atoms. The first-order chi connectivity index (χ1) is 8.56. The van der Waals surface area contributed by atoms with Crippen molar-refractivity contribution >= 4 is 5.71 Å². The first-order valence-electron chi connectivity index (χ1n) is 5.78. The van der Waals surface area contributed by atoms with Gasteiger partial charge in [-0.2, -0.15) is 0 Å². The summed E-state index contributed by atoms with van der Waals surface area (Å²) in [4.78, 5) is 0. The van der Waals surface area contributed by atoms with Gasteiger partial charge in [0.15, 0.2) is 0 Å². The van der Waals surface area contributed by atoms with Crippen molar-refractivity contribution in [1.29, 1.82) is 5.41 Å². The highest BCUT2D eigenvalue weighted by molar-refractivity contribution is 6.08. The quantitative estimate of drug-likeness (QED) is 0.746. The Morgan fingerprint density at radius 2 is 1.89 bits per heavy atom. The molecule has 0 radical (unpaired) electrons. The summed E-state index contributed by atoms with van der Waals surface area (Å²) in [7, 11) is 0. The smallest absolute Gasteiger partial charge is 0.110 e. The summed E-state index contributed by atoms with van der Waals surface area (Å²) < 4.78 is 24.7. The van der Waals surface area contributed by atoms with Crippen LogP contribution >= 0.6 is 0 Å². The molecule has 0 aromatic heterocycles. The number of benzene rings is 1. The van der Waals surface area contributed by atoms with E-state index in [4.69, 9.17) is 5.41 Å². The maximum absolute atomic E-state index is 12.9. The number of nitrogens with one attached hydrogen (secondary N) is 1. The molecule has 1 N–H and O–H groups in total. The highest BCUT2D eigenvalue weighted by Crippen LogP contribution is 2.15. The fraction of sp³-hybridized carbons (Fsp3) is 0.267. The molecule has 3 heteroatoms. The molecule has 0 unspecified atom stereocenters. The molecule has 96 valence electrons. The Morgan fingerprint density at radius 3 is 2.44 bits per heavy atom. The minimum absolute atomic E-state index is 0.0250. The molecule has 0 saturated carbocycles. The Balaban J connectivity index is 2.77. The fourth-order valence-corrected chi connectivity index (χ4v) is 1.78. The number of rotatable bonds is 5. The van der Waals surface area contributed by atoms with Crippen molar-refractivity contribution in [3.63, 3.8) is 0 Å². The van der Waals surface area contributed by atoms with Crippen LogP contribution in [0.5, 0.6) is 0 Å². The Hall–Kier alpha value is -1.77. The van der Waals surface area contributed by atoms with E-state index in [0.29, 0.717) is 5.71 Å². The van der Waals surface area contributed by atoms with E-state index in [1.54, 1.807) is 6.08 Å². The highest BCUT2D eigenvalue weighted by atomic mass is 19.1. The Labute approximate surface area is 106 Å². The Morgan fingerprint density at radius 1 is 1.28 bits per heavy atom. The fourth-order valence-electron chi connectivity index (χ4n) is 1.78. The second kappa shape index (κ2) is 6.84. The van der Waals surface area contributed by atoms with Gasteiger partial charge in [0.05, 0.1) is 5.71 Å². The van der Waals surface area contributed by atoms with Gasteiger partial charge in [-0.3, -0.25) is 0 Å². The zero-order valence-electron chi connectivity index (χ0n) is 10.6. The number of hydrogen-bond donors (Lipinski definition) is 1. The van der Waals surface area contributed by atoms with Gasteiger partial charge in [-0.15, -0.1) is 0 Å². The van der Waals surface area contributed by atoms with Crippen LogP contribution in [0, 0.1) is 19.3 Å². The zero-order valence-corrected chi connectivity index (χ0v) is 10.6. The summed E-state index contributed by atoms with van der Waals surface area (Å²) in [6.45, 7) is 3.08. The van der Waals surface area contributed by atoms with Crippen LogP contribution < -0.4 is 0 Å². The van der Waals surface area contributed by atoms with Gasteiger partial charge in [-0.25, -0.2) is 8.78 Å². The second-order valence-corrected chi connectivity index (χ2v) is 4.09. The van der Waals surface area contributed by atoms with Crippen LogP contribution in [0.15, 0.2) is 42.3 Å². The third kappa shape index (κ3) is 3.91. The topological polar surface area (TPSA) is 23.9 Å². The van der Waals surface area contributed by atoms with Crippen LogP contribution in [0.25, 0.3) is 0 Å². The van der Waals surface area contributed by atoms with Gasteiger partial charge < -0.3 is 5.41 Å². The average molecular weight is 249 g/mol. The number of allylic oxidation sites excluding steroid dienone is 4. The van der Waals surface area contributed by atoms with Crippen molar-refractivity contribution in [2.75, 3.05) is 6.67 Å². The Bertz CT molecular complexity index is 467. The summed E-state index contributed by atoms with van der Waals surface area (Å²) in [5, 5.41) is 7.95. The normalized spacial score (nSPS) is 12.1. The molecular formula is C15H17F2N. The maximum Gasteiger partial charge on any atom is 0.110 e. The lowest BCUT2D eigenvalue weighted by Gasteiger charge is -2.07. The summed E-state index contributed by atoms with van der Waals surface area (Å²) in [5.74, 6) is -0.511. The first kappa shape index (κ1) is 14.3. The van der Waals surface area contributed by atoms with Gasteiger partial charge in [-0.1, -0.05) is 24.3 Å². The third-order valence-electron chi connectivity index (χ3n) is 2.65. The van der Waals surface area contributed by atoms with Crippen LogP contribution in [-0.2, 0) is 0 Å². The SMILES string of the molecule is Cc1cccc(C)c1C(=N)/C=C/C/C(F)=C\CF. The molecule has 0 amide bonds. The number of hydrogen-bond acceptors (Lipinski definition) is 1. The zero-order chi connectivity index (χ0) is 13.5. The maximum atomic E-state index is 12.9. The molecule has 1 aromatic rings. The number of aryl methyl sites for hydroxylation is 2. The highest BCUT2D eigenvalue weighted by Gasteiger charge is 2.05. The minimum atomic E-state index is -0.798. The van der Waals surface area contributed by atoms with E-state index in [1.807, 2.05) is 32.0 Å². The summed E-state index contributed by atoms with van der Waals surface area (Å²) >= 11 is 0. The van der Waals surface area contributed by atoms with E-state index in [0.717, 1.165) is 22.8 Å². The minimum Gasteiger partial charge on any atom is -0.300 e. The second-order valence-electron chi connectivity index (χ2n) is 4.09. The largest absolute Gasteiger partial charge is 0.300 e. The monoisotopic (exact) mass is 249 g/mol. The van der Waals surface area contributed by atoms with Crippen molar-refractivity contribution in [3.05, 3.63) is 58.9 Å². The summed E-state index contributed by atoms with van der Waals surface area (Å²) in [5.41, 5.74) is 3.25. The van der Waals surface area contributed by atoms with Crippen LogP contribution in [0.2, 0.25) is 0 Å². The molecule has 1 aromatic carbocycles. The number of alkyl halides is 1. The lowest BCUT2D eigenvalue weighted by atomic mass is 9.98. The average Bonchev–Trinajstić information content (AvgIpc) is 2.29. The molecule has 0 saturated heterocycles. The molecular weight excluding hydrogens is 232 g/mol. The lowest BCUT2D eigenvalue weighted by molar-refractivity contribution is 0.538. The van der Waals surface area contributed by atoms with E-state index < -0.39 is 12.5 Å². The molecule has 0 fully saturated rings. The van der Waals surface area contributed by atoms with Crippen molar-refractivity contribution in [3.8, 4) is 0 Å². The van der Waals surface area contributed by atoms with Gasteiger partial charge in [-0.05, 0) is 37.1 Å². The first-order valence-corrected chi connectivity index (χ1v) is 5.78. The van der Waals surface area contributed by atoms with E-state index in [-0.39, 0.29) is 6.42 Å². The molecule has 0 aliphatic heterocycles. The third-order valence-corrected chi connectivity index (χ3v) is 2.65. The van der Waals surface area contributed by atoms with Gasteiger partial charge in [0, 0.05) is 12.0 Å². The molecule has 0 aliphatic carbocycles. The van der Waals surface area contributed by atoms with Crippen molar-refractivity contribution in [1.82, 2.24) is 0 Å². The Kier molecular flexibility index (Phi) is 5.43. The van der Waals surface area contributed by atoms with E-state index in [9.17, 15) is 8.78 Å². The van der Waals surface area contributed by atoms with Crippen molar-refractivity contribution < 1.29 is 8.78 Å². The van der Waals surface area contributed by atoms with Crippen molar-refractivity contribution in [2.45, 2.75) is 20.3 Å². The molecule has 1 nitrogen and oxygen atoms in total. The van der Waals surface area contributed by atoms with Crippen LogP contribution in [0.4, 0.5) is 8.78 Å². The molecule has 0 aliphatic rings. The van der Waals surface area contributed by atoms with Gasteiger partial charge >= 0.3 is 0 Å².